The fraction of sp³-hybridized carbons (Fsp3) is 0.500. The maximum Gasteiger partial charge on any atom is 0.0720 e. The third-order valence-corrected chi connectivity index (χ3v) is 2.79. The van der Waals surface area contributed by atoms with Gasteiger partial charge in [0.05, 0.1) is 13.2 Å². The van der Waals surface area contributed by atoms with Crippen molar-refractivity contribution in [3.63, 3.8) is 0 Å². The lowest BCUT2D eigenvalue weighted by molar-refractivity contribution is 0.0947. The standard InChI is InChI=1S/C12H16O/c1-3-10-5-4-6-11-8-13-7-9(2)12(10)11/h4-6,9H,3,7-8H2,1-2H3. The van der Waals surface area contributed by atoms with E-state index in [1.54, 1.807) is 0 Å². The van der Waals surface area contributed by atoms with Crippen LogP contribution >= 0.6 is 0 Å². The zero-order valence-electron chi connectivity index (χ0n) is 8.34. The highest BCUT2D eigenvalue weighted by atomic mass is 16.5. The van der Waals surface area contributed by atoms with Crippen LogP contribution in [0.15, 0.2) is 18.2 Å². The smallest absolute Gasteiger partial charge is 0.0720 e. The molecule has 1 aromatic carbocycles. The average Bonchev–Trinajstić information content (AvgIpc) is 2.17. The number of hydrogen-bond acceptors (Lipinski definition) is 1. The first-order valence-corrected chi connectivity index (χ1v) is 5.01. The maximum absolute atomic E-state index is 5.51. The molecule has 0 bridgehead atoms. The third-order valence-electron chi connectivity index (χ3n) is 2.79. The predicted molar refractivity (Wildman–Crippen MR) is 53.9 cm³/mol. The van der Waals surface area contributed by atoms with E-state index in [1.807, 2.05) is 0 Å². The van der Waals surface area contributed by atoms with Crippen LogP contribution < -0.4 is 0 Å². The summed E-state index contributed by atoms with van der Waals surface area (Å²) in [6.07, 6.45) is 1.13. The Morgan fingerprint density at radius 1 is 1.46 bits per heavy atom. The summed E-state index contributed by atoms with van der Waals surface area (Å²) in [6.45, 7) is 6.15. The number of aryl methyl sites for hydroxylation is 1. The number of fused-ring (bicyclic) bond motifs is 1. The SMILES string of the molecule is CCc1cccc2c1C(C)COC2. The Bertz CT molecular complexity index is 290. The van der Waals surface area contributed by atoms with E-state index < -0.39 is 0 Å². The van der Waals surface area contributed by atoms with E-state index in [2.05, 4.69) is 32.0 Å². The van der Waals surface area contributed by atoms with Gasteiger partial charge in [-0.3, -0.25) is 0 Å². The lowest BCUT2D eigenvalue weighted by Crippen LogP contribution is -2.16. The molecule has 0 fully saturated rings. The van der Waals surface area contributed by atoms with Crippen LogP contribution in [0.25, 0.3) is 0 Å². The maximum atomic E-state index is 5.51. The summed E-state index contributed by atoms with van der Waals surface area (Å²) in [7, 11) is 0. The molecule has 0 amide bonds. The second kappa shape index (κ2) is 3.51. The summed E-state index contributed by atoms with van der Waals surface area (Å²) in [5, 5.41) is 0. The second-order valence-electron chi connectivity index (χ2n) is 3.76. The molecule has 1 aliphatic rings. The van der Waals surface area contributed by atoms with Crippen molar-refractivity contribution >= 4 is 0 Å². The van der Waals surface area contributed by atoms with Crippen LogP contribution in [-0.2, 0) is 17.8 Å². The van der Waals surface area contributed by atoms with Crippen molar-refractivity contribution in [2.75, 3.05) is 6.61 Å². The zero-order chi connectivity index (χ0) is 9.26. The highest BCUT2D eigenvalue weighted by molar-refractivity contribution is 5.38. The van der Waals surface area contributed by atoms with Crippen molar-refractivity contribution in [3.05, 3.63) is 34.9 Å². The van der Waals surface area contributed by atoms with Gasteiger partial charge in [-0.25, -0.2) is 0 Å². The van der Waals surface area contributed by atoms with Gasteiger partial charge in [0.2, 0.25) is 0 Å². The van der Waals surface area contributed by atoms with Crippen molar-refractivity contribution in [2.24, 2.45) is 0 Å². The summed E-state index contributed by atoms with van der Waals surface area (Å²) in [6, 6.07) is 6.56. The van der Waals surface area contributed by atoms with Crippen LogP contribution in [0.1, 0.15) is 36.5 Å². The molecule has 1 nitrogen and oxygen atoms in total. The Kier molecular flexibility index (Phi) is 2.36. The molecule has 1 atom stereocenters. The monoisotopic (exact) mass is 176 g/mol. The quantitative estimate of drug-likeness (QED) is 0.639. The topological polar surface area (TPSA) is 9.23 Å². The molecule has 1 unspecified atom stereocenters. The normalized spacial score (nSPS) is 21.2. The molecule has 2 rings (SSSR count). The zero-order valence-corrected chi connectivity index (χ0v) is 8.34. The number of benzene rings is 1. The van der Waals surface area contributed by atoms with Crippen LogP contribution in [-0.4, -0.2) is 6.61 Å². The van der Waals surface area contributed by atoms with E-state index in [0.717, 1.165) is 19.6 Å². The van der Waals surface area contributed by atoms with E-state index in [0.29, 0.717) is 5.92 Å². The van der Waals surface area contributed by atoms with Crippen LogP contribution in [0.4, 0.5) is 0 Å². The Balaban J connectivity index is 2.50. The number of ether oxygens (including phenoxy) is 1. The molecule has 1 heterocycles. The Morgan fingerprint density at radius 3 is 3.08 bits per heavy atom. The van der Waals surface area contributed by atoms with Gasteiger partial charge in [-0.15, -0.1) is 0 Å². The largest absolute Gasteiger partial charge is 0.376 e. The van der Waals surface area contributed by atoms with Gasteiger partial charge in [0, 0.05) is 5.92 Å². The second-order valence-corrected chi connectivity index (χ2v) is 3.76. The molecule has 1 heteroatoms. The minimum absolute atomic E-state index is 0.569. The van der Waals surface area contributed by atoms with Crippen LogP contribution in [0, 0.1) is 0 Å². The summed E-state index contributed by atoms with van der Waals surface area (Å²) < 4.78 is 5.51. The fourth-order valence-corrected chi connectivity index (χ4v) is 2.16. The minimum atomic E-state index is 0.569. The highest BCUT2D eigenvalue weighted by Crippen LogP contribution is 2.29. The van der Waals surface area contributed by atoms with E-state index in [1.165, 1.54) is 16.7 Å². The van der Waals surface area contributed by atoms with Crippen molar-refractivity contribution < 1.29 is 4.74 Å². The van der Waals surface area contributed by atoms with Gasteiger partial charge in [-0.1, -0.05) is 32.0 Å². The molecule has 0 saturated carbocycles. The first-order chi connectivity index (χ1) is 6.33. The summed E-state index contributed by atoms with van der Waals surface area (Å²) >= 11 is 0. The molecule has 13 heavy (non-hydrogen) atoms. The molecule has 0 aromatic heterocycles. The van der Waals surface area contributed by atoms with E-state index in [-0.39, 0.29) is 0 Å². The van der Waals surface area contributed by atoms with Crippen LogP contribution in [0.5, 0.6) is 0 Å². The molecule has 0 radical (unpaired) electrons. The van der Waals surface area contributed by atoms with E-state index in [9.17, 15) is 0 Å². The van der Waals surface area contributed by atoms with Gasteiger partial charge in [-0.05, 0) is 23.1 Å². The van der Waals surface area contributed by atoms with Gasteiger partial charge >= 0.3 is 0 Å². The summed E-state index contributed by atoms with van der Waals surface area (Å²) in [5.74, 6) is 0.569. The van der Waals surface area contributed by atoms with Gasteiger partial charge in [0.1, 0.15) is 0 Å². The third kappa shape index (κ3) is 1.49. The fourth-order valence-electron chi connectivity index (χ4n) is 2.16. The van der Waals surface area contributed by atoms with Gasteiger partial charge in [0.15, 0.2) is 0 Å². The van der Waals surface area contributed by atoms with E-state index >= 15 is 0 Å². The van der Waals surface area contributed by atoms with Crippen molar-refractivity contribution in [1.29, 1.82) is 0 Å². The highest BCUT2D eigenvalue weighted by Gasteiger charge is 2.18. The molecule has 0 saturated heterocycles. The van der Waals surface area contributed by atoms with Gasteiger partial charge in [0.25, 0.3) is 0 Å². The Hall–Kier alpha value is -0.820. The molecule has 70 valence electrons. The first-order valence-electron chi connectivity index (χ1n) is 5.01. The summed E-state index contributed by atoms with van der Waals surface area (Å²) in [4.78, 5) is 0. The Labute approximate surface area is 79.7 Å². The predicted octanol–water partition coefficient (Wildman–Crippen LogP) is 2.88. The molecule has 1 aliphatic heterocycles. The average molecular weight is 176 g/mol. The van der Waals surface area contributed by atoms with Crippen LogP contribution in [0.2, 0.25) is 0 Å². The minimum Gasteiger partial charge on any atom is -0.376 e. The molecular weight excluding hydrogens is 160 g/mol. The molecule has 0 spiro atoms. The first kappa shape index (κ1) is 8.76. The van der Waals surface area contributed by atoms with Crippen LogP contribution in [0.3, 0.4) is 0 Å². The number of hydrogen-bond donors (Lipinski definition) is 0. The lowest BCUT2D eigenvalue weighted by atomic mass is 9.89. The van der Waals surface area contributed by atoms with Gasteiger partial charge in [-0.2, -0.15) is 0 Å². The lowest BCUT2D eigenvalue weighted by Gasteiger charge is -2.25. The molecular formula is C12H16O. The van der Waals surface area contributed by atoms with Crippen molar-refractivity contribution in [1.82, 2.24) is 0 Å². The molecule has 1 aromatic rings. The van der Waals surface area contributed by atoms with E-state index in [4.69, 9.17) is 4.74 Å². The molecule has 0 aliphatic carbocycles. The summed E-state index contributed by atoms with van der Waals surface area (Å²) in [5.41, 5.74) is 4.42. The molecule has 0 N–H and O–H groups in total. The van der Waals surface area contributed by atoms with Crippen molar-refractivity contribution in [2.45, 2.75) is 32.8 Å². The van der Waals surface area contributed by atoms with Gasteiger partial charge < -0.3 is 4.74 Å². The Morgan fingerprint density at radius 2 is 2.31 bits per heavy atom. The number of rotatable bonds is 1. The van der Waals surface area contributed by atoms with Crippen molar-refractivity contribution in [3.8, 4) is 0 Å².